The van der Waals surface area contributed by atoms with Crippen LogP contribution in [0.25, 0.3) is 11.3 Å². The van der Waals surface area contributed by atoms with Gasteiger partial charge in [-0.2, -0.15) is 0 Å². The van der Waals surface area contributed by atoms with Crippen LogP contribution < -0.4 is 5.32 Å². The lowest BCUT2D eigenvalue weighted by molar-refractivity contribution is 0.00979. The van der Waals surface area contributed by atoms with Gasteiger partial charge in [0.1, 0.15) is 5.82 Å². The monoisotopic (exact) mass is 354 g/mol. The highest BCUT2D eigenvalue weighted by Crippen LogP contribution is 2.31. The van der Waals surface area contributed by atoms with E-state index < -0.39 is 0 Å². The van der Waals surface area contributed by atoms with Crippen molar-refractivity contribution in [1.82, 2.24) is 4.98 Å². The molecule has 3 aromatic rings. The quantitative estimate of drug-likeness (QED) is 0.692. The molecule has 2 atom stereocenters. The minimum absolute atomic E-state index is 0.129. The zero-order valence-corrected chi connectivity index (χ0v) is 14.5. The van der Waals surface area contributed by atoms with E-state index in [1.165, 1.54) is 17.7 Å². The predicted molar refractivity (Wildman–Crippen MR) is 99.3 cm³/mol. The zero-order valence-electron chi connectivity index (χ0n) is 13.7. The number of rotatable bonds is 4. The molecule has 3 nitrogen and oxygen atoms in total. The molecular weight excluding hydrogens is 335 g/mol. The maximum Gasteiger partial charge on any atom is 0.183 e. The number of nitrogens with one attached hydrogen (secondary N) is 1. The van der Waals surface area contributed by atoms with E-state index in [-0.39, 0.29) is 11.9 Å². The van der Waals surface area contributed by atoms with Gasteiger partial charge in [-0.25, -0.2) is 9.37 Å². The normalized spacial score (nSPS) is 20.4. The summed E-state index contributed by atoms with van der Waals surface area (Å²) in [7, 11) is 0. The van der Waals surface area contributed by atoms with Gasteiger partial charge in [0, 0.05) is 23.6 Å². The number of anilines is 1. The molecule has 1 aliphatic heterocycles. The van der Waals surface area contributed by atoms with Crippen LogP contribution in [0.4, 0.5) is 9.52 Å². The Kier molecular flexibility index (Phi) is 4.76. The lowest BCUT2D eigenvalue weighted by Crippen LogP contribution is -2.30. The van der Waals surface area contributed by atoms with Gasteiger partial charge in [-0.15, -0.1) is 11.3 Å². The van der Waals surface area contributed by atoms with Gasteiger partial charge < -0.3 is 10.1 Å². The molecule has 2 unspecified atom stereocenters. The molecule has 2 heterocycles. The Morgan fingerprint density at radius 1 is 1.08 bits per heavy atom. The van der Waals surface area contributed by atoms with Crippen molar-refractivity contribution in [3.63, 3.8) is 0 Å². The molecule has 0 bridgehead atoms. The van der Waals surface area contributed by atoms with Gasteiger partial charge in [0.15, 0.2) is 5.13 Å². The number of hydrogen-bond acceptors (Lipinski definition) is 4. The number of nitrogens with zero attached hydrogens (tertiary/aromatic N) is 1. The molecule has 4 rings (SSSR count). The Morgan fingerprint density at radius 2 is 1.88 bits per heavy atom. The second kappa shape index (κ2) is 7.33. The minimum atomic E-state index is -0.230. The SMILES string of the molecule is Fc1ccc(-c2csc(NC3CCOC(c4ccccc4)C3)n2)cc1. The Balaban J connectivity index is 1.43. The number of halogens is 1. The number of thiazole rings is 1. The molecule has 0 aliphatic carbocycles. The van der Waals surface area contributed by atoms with E-state index in [1.54, 1.807) is 23.5 Å². The summed E-state index contributed by atoms with van der Waals surface area (Å²) in [4.78, 5) is 4.65. The third kappa shape index (κ3) is 3.89. The summed E-state index contributed by atoms with van der Waals surface area (Å²) in [5.41, 5.74) is 3.03. The Morgan fingerprint density at radius 3 is 2.68 bits per heavy atom. The van der Waals surface area contributed by atoms with Crippen molar-refractivity contribution in [2.75, 3.05) is 11.9 Å². The Labute approximate surface area is 150 Å². The maximum atomic E-state index is 13.1. The summed E-state index contributed by atoms with van der Waals surface area (Å²) >= 11 is 1.58. The smallest absolute Gasteiger partial charge is 0.183 e. The first-order chi connectivity index (χ1) is 12.3. The molecule has 1 N–H and O–H groups in total. The first-order valence-corrected chi connectivity index (χ1v) is 9.30. The predicted octanol–water partition coefficient (Wildman–Crippen LogP) is 5.28. The lowest BCUT2D eigenvalue weighted by Gasteiger charge is -2.30. The van der Waals surface area contributed by atoms with Crippen molar-refractivity contribution in [2.45, 2.75) is 25.0 Å². The molecule has 0 amide bonds. The van der Waals surface area contributed by atoms with E-state index in [1.807, 2.05) is 23.6 Å². The summed E-state index contributed by atoms with van der Waals surface area (Å²) in [5.74, 6) is -0.230. The third-order valence-corrected chi connectivity index (χ3v) is 5.20. The fraction of sp³-hybridized carbons (Fsp3) is 0.250. The van der Waals surface area contributed by atoms with Crippen LogP contribution in [0.1, 0.15) is 24.5 Å². The maximum absolute atomic E-state index is 13.1. The molecule has 1 saturated heterocycles. The Hall–Kier alpha value is -2.24. The molecule has 1 aromatic heterocycles. The average molecular weight is 354 g/mol. The topological polar surface area (TPSA) is 34.1 Å². The first kappa shape index (κ1) is 16.2. The van der Waals surface area contributed by atoms with E-state index in [0.29, 0.717) is 6.04 Å². The van der Waals surface area contributed by atoms with Crippen LogP contribution in [0, 0.1) is 5.82 Å². The van der Waals surface area contributed by atoms with Crippen LogP contribution in [-0.4, -0.2) is 17.6 Å². The summed E-state index contributed by atoms with van der Waals surface area (Å²) in [5, 5.41) is 6.44. The van der Waals surface area contributed by atoms with Crippen molar-refractivity contribution in [3.05, 3.63) is 71.4 Å². The summed E-state index contributed by atoms with van der Waals surface area (Å²) in [6.45, 7) is 0.743. The fourth-order valence-electron chi connectivity index (χ4n) is 3.10. The molecular formula is C20H19FN2OS. The van der Waals surface area contributed by atoms with E-state index >= 15 is 0 Å². The largest absolute Gasteiger partial charge is 0.373 e. The van der Waals surface area contributed by atoms with E-state index in [9.17, 15) is 4.39 Å². The highest BCUT2D eigenvalue weighted by atomic mass is 32.1. The second-order valence-corrected chi connectivity index (χ2v) is 7.04. The van der Waals surface area contributed by atoms with Gasteiger partial charge in [-0.3, -0.25) is 0 Å². The molecule has 1 fully saturated rings. The van der Waals surface area contributed by atoms with Gasteiger partial charge >= 0.3 is 0 Å². The fourth-order valence-corrected chi connectivity index (χ4v) is 3.89. The van der Waals surface area contributed by atoms with E-state index in [4.69, 9.17) is 4.74 Å². The third-order valence-electron chi connectivity index (χ3n) is 4.43. The Bertz CT molecular complexity index is 819. The average Bonchev–Trinajstić information content (AvgIpc) is 3.12. The highest BCUT2D eigenvalue weighted by molar-refractivity contribution is 7.14. The number of ether oxygens (including phenoxy) is 1. The minimum Gasteiger partial charge on any atom is -0.373 e. The zero-order chi connectivity index (χ0) is 17.1. The van der Waals surface area contributed by atoms with Crippen molar-refractivity contribution < 1.29 is 9.13 Å². The summed E-state index contributed by atoms with van der Waals surface area (Å²) in [6.07, 6.45) is 2.02. The van der Waals surface area contributed by atoms with Crippen molar-refractivity contribution in [3.8, 4) is 11.3 Å². The molecule has 0 saturated carbocycles. The molecule has 0 radical (unpaired) electrons. The molecule has 0 spiro atoms. The molecule has 25 heavy (non-hydrogen) atoms. The van der Waals surface area contributed by atoms with Crippen LogP contribution in [-0.2, 0) is 4.74 Å². The van der Waals surface area contributed by atoms with Crippen LogP contribution in [0.3, 0.4) is 0 Å². The van der Waals surface area contributed by atoms with Crippen LogP contribution in [0.15, 0.2) is 60.0 Å². The van der Waals surface area contributed by atoms with E-state index in [2.05, 4.69) is 22.4 Å². The van der Waals surface area contributed by atoms with Gasteiger partial charge in [-0.05, 0) is 42.7 Å². The molecule has 128 valence electrons. The van der Waals surface area contributed by atoms with Gasteiger partial charge in [0.05, 0.1) is 11.8 Å². The standard InChI is InChI=1S/C20H19FN2OS/c21-16-8-6-14(7-9-16)18-13-25-20(23-18)22-17-10-11-24-19(12-17)15-4-2-1-3-5-15/h1-9,13,17,19H,10-12H2,(H,22,23). The van der Waals surface area contributed by atoms with Crippen LogP contribution >= 0.6 is 11.3 Å². The van der Waals surface area contributed by atoms with Gasteiger partial charge in [-0.1, -0.05) is 30.3 Å². The van der Waals surface area contributed by atoms with Crippen LogP contribution in [0.5, 0.6) is 0 Å². The molecule has 1 aliphatic rings. The van der Waals surface area contributed by atoms with Crippen molar-refractivity contribution in [2.24, 2.45) is 0 Å². The molecule has 2 aromatic carbocycles. The molecule has 5 heteroatoms. The summed E-state index contributed by atoms with van der Waals surface area (Å²) in [6, 6.07) is 17.1. The number of hydrogen-bond donors (Lipinski definition) is 1. The van der Waals surface area contributed by atoms with E-state index in [0.717, 1.165) is 35.8 Å². The van der Waals surface area contributed by atoms with Gasteiger partial charge in [0.2, 0.25) is 0 Å². The first-order valence-electron chi connectivity index (χ1n) is 8.42. The summed E-state index contributed by atoms with van der Waals surface area (Å²) < 4.78 is 19.0. The van der Waals surface area contributed by atoms with Gasteiger partial charge in [0.25, 0.3) is 0 Å². The second-order valence-electron chi connectivity index (χ2n) is 6.18. The highest BCUT2D eigenvalue weighted by Gasteiger charge is 2.24. The van der Waals surface area contributed by atoms with Crippen molar-refractivity contribution >= 4 is 16.5 Å². The number of aromatic nitrogens is 1. The van der Waals surface area contributed by atoms with Crippen LogP contribution in [0.2, 0.25) is 0 Å². The van der Waals surface area contributed by atoms with Crippen molar-refractivity contribution in [1.29, 1.82) is 0 Å². The lowest BCUT2D eigenvalue weighted by atomic mass is 9.98. The number of benzene rings is 2.